The van der Waals surface area contributed by atoms with Crippen LogP contribution in [0.25, 0.3) is 10.8 Å². The van der Waals surface area contributed by atoms with Gasteiger partial charge in [-0.2, -0.15) is 0 Å². The van der Waals surface area contributed by atoms with Crippen LogP contribution in [0.3, 0.4) is 0 Å². The van der Waals surface area contributed by atoms with Gasteiger partial charge in [-0.25, -0.2) is 9.59 Å². The van der Waals surface area contributed by atoms with Gasteiger partial charge in [0.25, 0.3) is 0 Å². The summed E-state index contributed by atoms with van der Waals surface area (Å²) in [5.41, 5.74) is 0. The van der Waals surface area contributed by atoms with E-state index in [4.69, 9.17) is 36.1 Å². The summed E-state index contributed by atoms with van der Waals surface area (Å²) in [4.78, 5) is 20.7. The van der Waals surface area contributed by atoms with E-state index in [0.29, 0.717) is 0 Å². The van der Waals surface area contributed by atoms with Crippen LogP contribution >= 0.6 is 11.6 Å². The van der Waals surface area contributed by atoms with Crippen LogP contribution in [0.4, 0.5) is 0 Å². The molecule has 1 saturated heterocycles. The predicted molar refractivity (Wildman–Crippen MR) is 108 cm³/mol. The van der Waals surface area contributed by atoms with E-state index in [-0.39, 0.29) is 0 Å². The highest BCUT2D eigenvalue weighted by atomic mass is 35.5. The Labute approximate surface area is 168 Å². The molecule has 0 amide bonds. The first kappa shape index (κ1) is 21.9. The molecule has 3 rings (SSSR count). The fourth-order valence-corrected chi connectivity index (χ4v) is 3.17. The van der Waals surface area contributed by atoms with Crippen LogP contribution in [0.15, 0.2) is 36.4 Å². The van der Waals surface area contributed by atoms with Gasteiger partial charge in [-0.15, -0.1) is 0 Å². The Morgan fingerprint density at radius 1 is 1.04 bits per heavy atom. The lowest BCUT2D eigenvalue weighted by Crippen LogP contribution is -2.43. The zero-order valence-electron chi connectivity index (χ0n) is 15.6. The molecular weight excluding hydrogens is 384 g/mol. The molecule has 3 N–H and O–H groups in total. The number of piperazine rings is 1. The number of ether oxygens (including phenoxy) is 1. The molecule has 28 heavy (non-hydrogen) atoms. The zero-order valence-corrected chi connectivity index (χ0v) is 16.3. The molecule has 7 nitrogen and oxygen atoms in total. The summed E-state index contributed by atoms with van der Waals surface area (Å²) in [7, 11) is 0. The third-order valence-corrected chi connectivity index (χ3v) is 4.74. The van der Waals surface area contributed by atoms with Gasteiger partial charge in [0.05, 0.1) is 11.6 Å². The number of unbranched alkanes of at least 4 members (excludes halogenated alkanes) is 1. The molecule has 8 heteroatoms. The fraction of sp³-hybridized carbons (Fsp3) is 0.400. The van der Waals surface area contributed by atoms with E-state index in [2.05, 4.69) is 22.3 Å². The minimum Gasteiger partial charge on any atom is -0.492 e. The molecule has 1 aliphatic heterocycles. The Balaban J connectivity index is 0.000000409. The number of carboxylic acid groups (broad SMARTS) is 2. The van der Waals surface area contributed by atoms with Crippen molar-refractivity contribution in [1.29, 1.82) is 0 Å². The van der Waals surface area contributed by atoms with Crippen LogP contribution < -0.4 is 10.1 Å². The first-order valence-electron chi connectivity index (χ1n) is 9.18. The minimum atomic E-state index is -1.82. The summed E-state index contributed by atoms with van der Waals surface area (Å²) < 4.78 is 5.87. The molecule has 2 aromatic carbocycles. The van der Waals surface area contributed by atoms with Crippen LogP contribution in [0.2, 0.25) is 5.02 Å². The number of halogens is 1. The second-order valence-corrected chi connectivity index (χ2v) is 6.73. The van der Waals surface area contributed by atoms with Crippen LogP contribution in [0.1, 0.15) is 12.8 Å². The average Bonchev–Trinajstić information content (AvgIpc) is 2.70. The Morgan fingerprint density at radius 3 is 2.39 bits per heavy atom. The lowest BCUT2D eigenvalue weighted by molar-refractivity contribution is -0.159. The molecule has 0 atom stereocenters. The zero-order chi connectivity index (χ0) is 20.4. The van der Waals surface area contributed by atoms with Gasteiger partial charge in [-0.3, -0.25) is 0 Å². The molecule has 0 aliphatic carbocycles. The average molecular weight is 409 g/mol. The molecule has 0 spiro atoms. The monoisotopic (exact) mass is 408 g/mol. The van der Waals surface area contributed by atoms with Gasteiger partial charge < -0.3 is 25.2 Å². The van der Waals surface area contributed by atoms with Gasteiger partial charge in [-0.05, 0) is 30.8 Å². The quantitative estimate of drug-likeness (QED) is 0.499. The molecular formula is C20H25ClN2O5. The molecule has 2 aromatic rings. The summed E-state index contributed by atoms with van der Waals surface area (Å²) in [5, 5.41) is 21.1. The first-order valence-corrected chi connectivity index (χ1v) is 9.56. The maximum Gasteiger partial charge on any atom is 0.414 e. The van der Waals surface area contributed by atoms with E-state index in [1.165, 1.54) is 6.42 Å². The van der Waals surface area contributed by atoms with Crippen molar-refractivity contribution < 1.29 is 24.5 Å². The van der Waals surface area contributed by atoms with Crippen molar-refractivity contribution in [1.82, 2.24) is 10.2 Å². The molecule has 0 aromatic heterocycles. The van der Waals surface area contributed by atoms with Gasteiger partial charge in [0, 0.05) is 31.6 Å². The van der Waals surface area contributed by atoms with Gasteiger partial charge in [0.1, 0.15) is 5.75 Å². The van der Waals surface area contributed by atoms with Crippen LogP contribution in [0, 0.1) is 0 Å². The molecule has 0 unspecified atom stereocenters. The van der Waals surface area contributed by atoms with Gasteiger partial charge in [0.2, 0.25) is 0 Å². The van der Waals surface area contributed by atoms with Crippen molar-refractivity contribution in [3.8, 4) is 5.75 Å². The van der Waals surface area contributed by atoms with Gasteiger partial charge >= 0.3 is 11.9 Å². The third kappa shape index (κ3) is 6.99. The van der Waals surface area contributed by atoms with Crippen molar-refractivity contribution in [3.05, 3.63) is 41.4 Å². The number of fused-ring (bicyclic) bond motifs is 1. The van der Waals surface area contributed by atoms with Crippen LogP contribution in [-0.4, -0.2) is 66.4 Å². The minimum absolute atomic E-state index is 0.722. The van der Waals surface area contributed by atoms with Gasteiger partial charge in [0.15, 0.2) is 0 Å². The lowest BCUT2D eigenvalue weighted by Gasteiger charge is -2.27. The first-order chi connectivity index (χ1) is 13.5. The highest BCUT2D eigenvalue weighted by molar-refractivity contribution is 6.37. The number of nitrogens with zero attached hydrogens (tertiary/aromatic N) is 1. The van der Waals surface area contributed by atoms with Crippen LogP contribution in [0.5, 0.6) is 5.75 Å². The second kappa shape index (κ2) is 11.5. The summed E-state index contributed by atoms with van der Waals surface area (Å²) in [6, 6.07) is 12.2. The molecule has 1 aliphatic rings. The number of nitrogens with one attached hydrogen (secondary N) is 1. The van der Waals surface area contributed by atoms with Crippen molar-refractivity contribution in [3.63, 3.8) is 0 Å². The van der Waals surface area contributed by atoms with Crippen LogP contribution in [-0.2, 0) is 9.59 Å². The van der Waals surface area contributed by atoms with Gasteiger partial charge in [-0.1, -0.05) is 41.9 Å². The summed E-state index contributed by atoms with van der Waals surface area (Å²) in [6.07, 6.45) is 2.23. The van der Waals surface area contributed by atoms with Crippen molar-refractivity contribution in [2.45, 2.75) is 12.8 Å². The molecule has 152 valence electrons. The van der Waals surface area contributed by atoms with Crippen molar-refractivity contribution >= 4 is 34.3 Å². The Bertz CT molecular complexity index is 781. The maximum atomic E-state index is 9.10. The number of carboxylic acids is 2. The van der Waals surface area contributed by atoms with E-state index >= 15 is 0 Å². The number of hydrogen-bond donors (Lipinski definition) is 3. The number of rotatable bonds is 6. The topological polar surface area (TPSA) is 99.1 Å². The maximum absolute atomic E-state index is 9.10. The number of benzene rings is 2. The normalized spacial score (nSPS) is 14.2. The fourth-order valence-electron chi connectivity index (χ4n) is 2.88. The SMILES string of the molecule is Clc1c(OCCCCN2CCNCC2)ccc2ccccc12.O=C(O)C(=O)O. The van der Waals surface area contributed by atoms with E-state index < -0.39 is 11.9 Å². The Morgan fingerprint density at radius 2 is 1.71 bits per heavy atom. The third-order valence-electron chi connectivity index (χ3n) is 4.35. The molecule has 1 fully saturated rings. The van der Waals surface area contributed by atoms with E-state index in [9.17, 15) is 0 Å². The highest BCUT2D eigenvalue weighted by Gasteiger charge is 2.09. The highest BCUT2D eigenvalue weighted by Crippen LogP contribution is 2.32. The summed E-state index contributed by atoms with van der Waals surface area (Å²) >= 11 is 6.44. The van der Waals surface area contributed by atoms with Crippen molar-refractivity contribution in [2.75, 3.05) is 39.3 Å². The Kier molecular flexibility index (Phi) is 9.00. The molecule has 1 heterocycles. The van der Waals surface area contributed by atoms with E-state index in [0.717, 1.165) is 67.3 Å². The smallest absolute Gasteiger partial charge is 0.414 e. The second-order valence-electron chi connectivity index (χ2n) is 6.36. The van der Waals surface area contributed by atoms with Crippen molar-refractivity contribution in [2.24, 2.45) is 0 Å². The largest absolute Gasteiger partial charge is 0.492 e. The predicted octanol–water partition coefficient (Wildman–Crippen LogP) is 2.71. The molecule has 0 radical (unpaired) electrons. The molecule has 0 bridgehead atoms. The Hall–Kier alpha value is -2.35. The number of aliphatic carboxylic acids is 2. The summed E-state index contributed by atoms with van der Waals surface area (Å²) in [5.74, 6) is -2.85. The van der Waals surface area contributed by atoms with E-state index in [1.807, 2.05) is 24.3 Å². The van der Waals surface area contributed by atoms with E-state index in [1.54, 1.807) is 0 Å². The number of hydrogen-bond acceptors (Lipinski definition) is 5. The molecule has 0 saturated carbocycles. The number of carbonyl (C=O) groups is 2. The standard InChI is InChI=1S/C18H23ClN2O.C2H2O4/c19-18-16-6-2-1-5-15(16)7-8-17(18)22-14-4-3-11-21-12-9-20-10-13-21;3-1(4)2(5)6/h1-2,5-8,20H,3-4,9-14H2;(H,3,4)(H,5,6). The summed E-state index contributed by atoms with van der Waals surface area (Å²) in [6.45, 7) is 6.45. The lowest BCUT2D eigenvalue weighted by atomic mass is 10.1.